The van der Waals surface area contributed by atoms with Crippen molar-refractivity contribution < 1.29 is 9.84 Å². The lowest BCUT2D eigenvalue weighted by molar-refractivity contribution is 0.107. The van der Waals surface area contributed by atoms with Gasteiger partial charge in [-0.15, -0.1) is 0 Å². The first-order valence-electron chi connectivity index (χ1n) is 7.78. The van der Waals surface area contributed by atoms with Gasteiger partial charge < -0.3 is 9.84 Å². The molecule has 0 saturated carbocycles. The van der Waals surface area contributed by atoms with Crippen molar-refractivity contribution in [3.63, 3.8) is 0 Å². The second-order valence-electron chi connectivity index (χ2n) is 5.73. The van der Waals surface area contributed by atoms with Gasteiger partial charge in [0.2, 0.25) is 0 Å². The summed E-state index contributed by atoms with van der Waals surface area (Å²) in [5.74, 6) is 1.15. The van der Waals surface area contributed by atoms with Gasteiger partial charge in [-0.05, 0) is 42.9 Å². The van der Waals surface area contributed by atoms with E-state index in [1.807, 2.05) is 24.3 Å². The van der Waals surface area contributed by atoms with Gasteiger partial charge in [0.15, 0.2) is 0 Å². The second kappa shape index (κ2) is 6.77. The summed E-state index contributed by atoms with van der Waals surface area (Å²) in [5, 5.41) is 10.5. The van der Waals surface area contributed by atoms with Gasteiger partial charge in [0.25, 0.3) is 0 Å². The number of aliphatic hydroxyl groups is 1. The molecule has 0 bridgehead atoms. The van der Waals surface area contributed by atoms with E-state index >= 15 is 0 Å². The molecule has 2 nitrogen and oxygen atoms in total. The SMILES string of the molecule is OC(CCCc1ccccc1)C1CCOc2ccccc21. The van der Waals surface area contributed by atoms with E-state index in [1.165, 1.54) is 5.56 Å². The maximum atomic E-state index is 10.5. The zero-order chi connectivity index (χ0) is 14.5. The molecule has 2 aromatic rings. The largest absolute Gasteiger partial charge is 0.493 e. The molecule has 2 heteroatoms. The number of aliphatic hydroxyl groups excluding tert-OH is 1. The van der Waals surface area contributed by atoms with Crippen molar-refractivity contribution in [3.8, 4) is 5.75 Å². The van der Waals surface area contributed by atoms with Crippen LogP contribution in [-0.2, 0) is 6.42 Å². The van der Waals surface area contributed by atoms with Gasteiger partial charge in [-0.2, -0.15) is 0 Å². The van der Waals surface area contributed by atoms with Crippen LogP contribution in [-0.4, -0.2) is 17.8 Å². The molecular formula is C19H22O2. The highest BCUT2D eigenvalue weighted by atomic mass is 16.5. The molecule has 0 aliphatic carbocycles. The van der Waals surface area contributed by atoms with Crippen LogP contribution in [0.4, 0.5) is 0 Å². The highest BCUT2D eigenvalue weighted by Crippen LogP contribution is 2.36. The average molecular weight is 282 g/mol. The summed E-state index contributed by atoms with van der Waals surface area (Å²) < 4.78 is 5.67. The van der Waals surface area contributed by atoms with Crippen molar-refractivity contribution in [3.05, 3.63) is 65.7 Å². The van der Waals surface area contributed by atoms with Crippen molar-refractivity contribution in [2.24, 2.45) is 0 Å². The van der Waals surface area contributed by atoms with Crippen LogP contribution >= 0.6 is 0 Å². The molecule has 1 N–H and O–H groups in total. The van der Waals surface area contributed by atoms with E-state index in [0.29, 0.717) is 6.61 Å². The number of ether oxygens (including phenoxy) is 1. The molecule has 1 aliphatic rings. The van der Waals surface area contributed by atoms with Crippen LogP contribution in [0, 0.1) is 0 Å². The Morgan fingerprint density at radius 1 is 1.05 bits per heavy atom. The third-order valence-corrected chi connectivity index (χ3v) is 4.28. The fourth-order valence-electron chi connectivity index (χ4n) is 3.13. The average Bonchev–Trinajstić information content (AvgIpc) is 2.55. The van der Waals surface area contributed by atoms with E-state index in [0.717, 1.165) is 37.0 Å². The first-order valence-corrected chi connectivity index (χ1v) is 7.78. The molecule has 2 unspecified atom stereocenters. The molecular weight excluding hydrogens is 260 g/mol. The summed E-state index contributed by atoms with van der Waals surface area (Å²) in [6, 6.07) is 18.6. The van der Waals surface area contributed by atoms with E-state index < -0.39 is 0 Å². The predicted molar refractivity (Wildman–Crippen MR) is 84.7 cm³/mol. The number of hydrogen-bond acceptors (Lipinski definition) is 2. The van der Waals surface area contributed by atoms with Crippen molar-refractivity contribution in [1.29, 1.82) is 0 Å². The van der Waals surface area contributed by atoms with E-state index in [-0.39, 0.29) is 12.0 Å². The van der Waals surface area contributed by atoms with Crippen molar-refractivity contribution in [2.75, 3.05) is 6.61 Å². The third-order valence-electron chi connectivity index (χ3n) is 4.28. The highest BCUT2D eigenvalue weighted by Gasteiger charge is 2.27. The molecule has 3 rings (SSSR count). The Balaban J connectivity index is 1.58. The van der Waals surface area contributed by atoms with Gasteiger partial charge in [0, 0.05) is 5.92 Å². The van der Waals surface area contributed by atoms with Gasteiger partial charge in [0.05, 0.1) is 12.7 Å². The normalized spacial score (nSPS) is 18.6. The molecule has 0 aromatic heterocycles. The van der Waals surface area contributed by atoms with Crippen LogP contribution < -0.4 is 4.74 Å². The van der Waals surface area contributed by atoms with Gasteiger partial charge in [-0.25, -0.2) is 0 Å². The van der Waals surface area contributed by atoms with E-state index in [2.05, 4.69) is 30.3 Å². The number of aryl methyl sites for hydroxylation is 1. The Morgan fingerprint density at radius 3 is 2.67 bits per heavy atom. The van der Waals surface area contributed by atoms with E-state index in [4.69, 9.17) is 4.74 Å². The summed E-state index contributed by atoms with van der Waals surface area (Å²) in [6.07, 6.45) is 3.52. The minimum Gasteiger partial charge on any atom is -0.493 e. The summed E-state index contributed by atoms with van der Waals surface area (Å²) in [7, 11) is 0. The van der Waals surface area contributed by atoms with Crippen molar-refractivity contribution in [1.82, 2.24) is 0 Å². The molecule has 1 heterocycles. The molecule has 0 fully saturated rings. The number of fused-ring (bicyclic) bond motifs is 1. The second-order valence-corrected chi connectivity index (χ2v) is 5.73. The minimum absolute atomic E-state index is 0.214. The van der Waals surface area contributed by atoms with Crippen LogP contribution in [0.3, 0.4) is 0 Å². The maximum Gasteiger partial charge on any atom is 0.122 e. The molecule has 2 aromatic carbocycles. The quantitative estimate of drug-likeness (QED) is 0.900. The molecule has 1 aliphatic heterocycles. The molecule has 2 atom stereocenters. The Morgan fingerprint density at radius 2 is 1.81 bits per heavy atom. The number of hydrogen-bond donors (Lipinski definition) is 1. The van der Waals surface area contributed by atoms with Crippen molar-refractivity contribution >= 4 is 0 Å². The monoisotopic (exact) mass is 282 g/mol. The van der Waals surface area contributed by atoms with Crippen LogP contribution in [0.15, 0.2) is 54.6 Å². The van der Waals surface area contributed by atoms with Gasteiger partial charge in [-0.1, -0.05) is 48.5 Å². The summed E-state index contributed by atoms with van der Waals surface area (Å²) in [5.41, 5.74) is 2.51. The number of benzene rings is 2. The standard InChI is InChI=1S/C19H22O2/c20-18(11-6-9-15-7-2-1-3-8-15)16-13-14-21-19-12-5-4-10-17(16)19/h1-5,7-8,10,12,16,18,20H,6,9,11,13-14H2. The van der Waals surface area contributed by atoms with Crippen LogP contribution in [0.2, 0.25) is 0 Å². The molecule has 110 valence electrons. The number of para-hydroxylation sites is 1. The summed E-state index contributed by atoms with van der Waals surface area (Å²) >= 11 is 0. The molecule has 0 spiro atoms. The summed E-state index contributed by atoms with van der Waals surface area (Å²) in [4.78, 5) is 0. The lowest BCUT2D eigenvalue weighted by Crippen LogP contribution is -2.25. The summed E-state index contributed by atoms with van der Waals surface area (Å²) in [6.45, 7) is 0.706. The molecule has 0 amide bonds. The first-order chi connectivity index (χ1) is 10.3. The zero-order valence-corrected chi connectivity index (χ0v) is 12.2. The van der Waals surface area contributed by atoms with E-state index in [1.54, 1.807) is 0 Å². The van der Waals surface area contributed by atoms with Crippen LogP contribution in [0.1, 0.15) is 36.3 Å². The Bertz CT molecular complexity index is 565. The van der Waals surface area contributed by atoms with Gasteiger partial charge in [-0.3, -0.25) is 0 Å². The third kappa shape index (κ3) is 3.45. The highest BCUT2D eigenvalue weighted by molar-refractivity contribution is 5.38. The Hall–Kier alpha value is -1.80. The van der Waals surface area contributed by atoms with Gasteiger partial charge >= 0.3 is 0 Å². The Labute approximate surface area is 126 Å². The lowest BCUT2D eigenvalue weighted by atomic mass is 9.86. The van der Waals surface area contributed by atoms with Gasteiger partial charge in [0.1, 0.15) is 5.75 Å². The van der Waals surface area contributed by atoms with E-state index in [9.17, 15) is 5.11 Å². The fraction of sp³-hybridized carbons (Fsp3) is 0.368. The number of rotatable bonds is 5. The topological polar surface area (TPSA) is 29.5 Å². The smallest absolute Gasteiger partial charge is 0.122 e. The molecule has 0 radical (unpaired) electrons. The minimum atomic E-state index is -0.279. The fourth-order valence-corrected chi connectivity index (χ4v) is 3.13. The predicted octanol–water partition coefficient (Wildman–Crippen LogP) is 3.94. The Kier molecular flexibility index (Phi) is 4.56. The zero-order valence-electron chi connectivity index (χ0n) is 12.2. The molecule has 0 saturated heterocycles. The van der Waals surface area contributed by atoms with Crippen LogP contribution in [0.25, 0.3) is 0 Å². The van der Waals surface area contributed by atoms with Crippen molar-refractivity contribution in [2.45, 2.75) is 37.7 Å². The first kappa shape index (κ1) is 14.2. The molecule has 21 heavy (non-hydrogen) atoms. The maximum absolute atomic E-state index is 10.5. The lowest BCUT2D eigenvalue weighted by Gasteiger charge is -2.29. The van der Waals surface area contributed by atoms with Crippen LogP contribution in [0.5, 0.6) is 5.75 Å².